The van der Waals surface area contributed by atoms with Gasteiger partial charge in [0.05, 0.1) is 11.6 Å². The zero-order valence-corrected chi connectivity index (χ0v) is 19.0. The molecule has 4 aromatic rings. The van der Waals surface area contributed by atoms with Crippen molar-refractivity contribution >= 4 is 34.1 Å². The lowest BCUT2D eigenvalue weighted by Crippen LogP contribution is -2.46. The molecule has 1 amide bonds. The summed E-state index contributed by atoms with van der Waals surface area (Å²) in [6.07, 6.45) is -1.68. The highest BCUT2D eigenvalue weighted by molar-refractivity contribution is 5.92. The van der Waals surface area contributed by atoms with Crippen molar-refractivity contribution in [3.63, 3.8) is 0 Å². The molecular formula is C24H22F3N7O2. The summed E-state index contributed by atoms with van der Waals surface area (Å²) in [5.41, 5.74) is 2.04. The van der Waals surface area contributed by atoms with Crippen molar-refractivity contribution in [3.05, 3.63) is 67.1 Å². The predicted octanol–water partition coefficient (Wildman–Crippen LogP) is 3.69. The van der Waals surface area contributed by atoms with Crippen LogP contribution in [-0.4, -0.2) is 58.2 Å². The molecule has 12 heteroatoms. The predicted molar refractivity (Wildman–Crippen MR) is 128 cm³/mol. The largest absolute Gasteiger partial charge is 0.573 e. The van der Waals surface area contributed by atoms with Crippen molar-refractivity contribution in [2.45, 2.75) is 12.9 Å². The molecule has 0 aliphatic carbocycles. The number of aromatic nitrogens is 4. The van der Waals surface area contributed by atoms with E-state index < -0.39 is 12.3 Å². The smallest absolute Gasteiger partial charge is 0.406 e. The van der Waals surface area contributed by atoms with E-state index >= 15 is 0 Å². The van der Waals surface area contributed by atoms with Crippen molar-refractivity contribution in [3.8, 4) is 5.75 Å². The molecule has 0 unspecified atom stereocenters. The highest BCUT2D eigenvalue weighted by Crippen LogP contribution is 2.26. The van der Waals surface area contributed by atoms with Gasteiger partial charge in [0, 0.05) is 37.6 Å². The summed E-state index contributed by atoms with van der Waals surface area (Å²) in [5, 5.41) is 7.70. The minimum atomic E-state index is -4.78. The number of rotatable bonds is 6. The van der Waals surface area contributed by atoms with E-state index in [9.17, 15) is 18.0 Å². The number of fused-ring (bicyclic) bond motifs is 1. The van der Waals surface area contributed by atoms with Gasteiger partial charge in [0.2, 0.25) is 5.91 Å². The number of hydrogen-bond donors (Lipinski definition) is 1. The summed E-state index contributed by atoms with van der Waals surface area (Å²) in [6, 6.07) is 15.2. The number of amides is 1. The maximum atomic E-state index is 12.6. The Morgan fingerprint density at radius 2 is 1.64 bits per heavy atom. The first-order valence-corrected chi connectivity index (χ1v) is 11.2. The molecule has 0 spiro atoms. The van der Waals surface area contributed by atoms with Crippen LogP contribution in [0.4, 0.5) is 30.4 Å². The van der Waals surface area contributed by atoms with Crippen molar-refractivity contribution in [1.82, 2.24) is 19.7 Å². The van der Waals surface area contributed by atoms with Crippen molar-refractivity contribution in [2.75, 3.05) is 41.3 Å². The second kappa shape index (κ2) is 9.72. The summed E-state index contributed by atoms with van der Waals surface area (Å²) in [5.74, 6) is -0.00634. The van der Waals surface area contributed by atoms with Gasteiger partial charge in [0.1, 0.15) is 24.4 Å². The molecule has 36 heavy (non-hydrogen) atoms. The van der Waals surface area contributed by atoms with E-state index in [1.54, 1.807) is 6.20 Å². The van der Waals surface area contributed by atoms with Crippen LogP contribution in [0.25, 0.3) is 11.0 Å². The third-order valence-electron chi connectivity index (χ3n) is 5.78. The topological polar surface area (TPSA) is 88.4 Å². The Bertz CT molecular complexity index is 1340. The van der Waals surface area contributed by atoms with Crippen molar-refractivity contribution < 1.29 is 22.7 Å². The van der Waals surface area contributed by atoms with E-state index in [4.69, 9.17) is 0 Å². The molecule has 1 N–H and O–H groups in total. The first kappa shape index (κ1) is 23.4. The standard InChI is InChI=1S/C24H22F3N7O2/c25-24(26,27)36-19-8-6-17(7-9-19)31-21(35)15-34-23-20(14-30-34)22(28-16-29-23)33-12-10-32(11-13-33)18-4-2-1-3-5-18/h1-9,14,16H,10-13,15H2,(H,31,35). The van der Waals surface area contributed by atoms with Gasteiger partial charge in [-0.1, -0.05) is 18.2 Å². The summed E-state index contributed by atoms with van der Waals surface area (Å²) >= 11 is 0. The van der Waals surface area contributed by atoms with E-state index in [0.29, 0.717) is 11.3 Å². The van der Waals surface area contributed by atoms with Crippen LogP contribution in [0.2, 0.25) is 0 Å². The first-order valence-electron chi connectivity index (χ1n) is 11.2. The molecule has 1 aliphatic heterocycles. The van der Waals surface area contributed by atoms with Gasteiger partial charge in [0.15, 0.2) is 5.65 Å². The second-order valence-corrected chi connectivity index (χ2v) is 8.17. The molecule has 0 radical (unpaired) electrons. The Labute approximate surface area is 204 Å². The molecule has 3 heterocycles. The normalized spacial score (nSPS) is 14.2. The quantitative estimate of drug-likeness (QED) is 0.435. The Hall–Kier alpha value is -4.35. The number of piperazine rings is 1. The highest BCUT2D eigenvalue weighted by Gasteiger charge is 2.31. The second-order valence-electron chi connectivity index (χ2n) is 8.17. The van der Waals surface area contributed by atoms with E-state index in [0.717, 1.165) is 49.5 Å². The van der Waals surface area contributed by atoms with Crippen LogP contribution >= 0.6 is 0 Å². The minimum absolute atomic E-state index is 0.122. The molecule has 0 atom stereocenters. The zero-order valence-electron chi connectivity index (χ0n) is 19.0. The SMILES string of the molecule is O=C(Cn1ncc2c(N3CCN(c4ccccc4)CC3)ncnc21)Nc1ccc(OC(F)(F)F)cc1. The fraction of sp³-hybridized carbons (Fsp3) is 0.250. The van der Waals surface area contributed by atoms with Crippen LogP contribution in [0.1, 0.15) is 0 Å². The molecule has 186 valence electrons. The number of para-hydroxylation sites is 1. The Morgan fingerprint density at radius 3 is 2.33 bits per heavy atom. The number of halogens is 3. The average molecular weight is 497 g/mol. The van der Waals surface area contributed by atoms with Gasteiger partial charge in [-0.3, -0.25) is 4.79 Å². The highest BCUT2D eigenvalue weighted by atomic mass is 19.4. The molecule has 2 aromatic carbocycles. The number of benzene rings is 2. The van der Waals surface area contributed by atoms with Gasteiger partial charge in [-0.05, 0) is 36.4 Å². The van der Waals surface area contributed by atoms with E-state index in [2.05, 4.69) is 47.1 Å². The summed E-state index contributed by atoms with van der Waals surface area (Å²) in [7, 11) is 0. The van der Waals surface area contributed by atoms with Crippen LogP contribution < -0.4 is 19.9 Å². The van der Waals surface area contributed by atoms with Gasteiger partial charge in [-0.25, -0.2) is 14.6 Å². The molecule has 9 nitrogen and oxygen atoms in total. The number of hydrogen-bond acceptors (Lipinski definition) is 7. The molecule has 1 saturated heterocycles. The van der Waals surface area contributed by atoms with E-state index in [1.807, 2.05) is 18.2 Å². The molecule has 0 bridgehead atoms. The van der Waals surface area contributed by atoms with Crippen molar-refractivity contribution in [2.24, 2.45) is 0 Å². The summed E-state index contributed by atoms with van der Waals surface area (Å²) in [4.78, 5) is 25.8. The number of carbonyl (C=O) groups is 1. The average Bonchev–Trinajstić information content (AvgIpc) is 3.28. The molecule has 5 rings (SSSR count). The zero-order chi connectivity index (χ0) is 25.1. The lowest BCUT2D eigenvalue weighted by atomic mass is 10.2. The maximum Gasteiger partial charge on any atom is 0.573 e. The third-order valence-corrected chi connectivity index (χ3v) is 5.78. The van der Waals surface area contributed by atoms with Gasteiger partial charge in [-0.15, -0.1) is 13.2 Å². The first-order chi connectivity index (χ1) is 17.4. The van der Waals surface area contributed by atoms with Crippen molar-refractivity contribution in [1.29, 1.82) is 0 Å². The fourth-order valence-electron chi connectivity index (χ4n) is 4.14. The van der Waals surface area contributed by atoms with Gasteiger partial charge in [0.25, 0.3) is 0 Å². The van der Waals surface area contributed by atoms with E-state index in [-0.39, 0.29) is 12.3 Å². The molecule has 0 saturated carbocycles. The third kappa shape index (κ3) is 5.32. The summed E-state index contributed by atoms with van der Waals surface area (Å²) < 4.78 is 42.2. The van der Waals surface area contributed by atoms with Crippen LogP contribution in [0.15, 0.2) is 67.1 Å². The van der Waals surface area contributed by atoms with Gasteiger partial charge in [-0.2, -0.15) is 5.10 Å². The maximum absolute atomic E-state index is 12.6. The Balaban J connectivity index is 1.24. The van der Waals surface area contributed by atoms with E-state index in [1.165, 1.54) is 28.8 Å². The number of nitrogens with zero attached hydrogens (tertiary/aromatic N) is 6. The van der Waals surface area contributed by atoms with Crippen LogP contribution in [-0.2, 0) is 11.3 Å². The molecular weight excluding hydrogens is 475 g/mol. The van der Waals surface area contributed by atoms with Crippen LogP contribution in [0.3, 0.4) is 0 Å². The van der Waals surface area contributed by atoms with Gasteiger partial charge >= 0.3 is 6.36 Å². The van der Waals surface area contributed by atoms with Crippen LogP contribution in [0, 0.1) is 0 Å². The lowest BCUT2D eigenvalue weighted by Gasteiger charge is -2.36. The number of alkyl halides is 3. The molecule has 2 aromatic heterocycles. The summed E-state index contributed by atoms with van der Waals surface area (Å²) in [6.45, 7) is 3.13. The molecule has 1 aliphatic rings. The number of anilines is 3. The monoisotopic (exact) mass is 497 g/mol. The minimum Gasteiger partial charge on any atom is -0.406 e. The number of nitrogens with one attached hydrogen (secondary N) is 1. The Morgan fingerprint density at radius 1 is 0.944 bits per heavy atom. The lowest BCUT2D eigenvalue weighted by molar-refractivity contribution is -0.274. The van der Waals surface area contributed by atoms with Crippen LogP contribution in [0.5, 0.6) is 5.75 Å². The van der Waals surface area contributed by atoms with Gasteiger partial charge < -0.3 is 19.9 Å². The number of carbonyl (C=O) groups excluding carboxylic acids is 1. The fourth-order valence-corrected chi connectivity index (χ4v) is 4.14. The number of ether oxygens (including phenoxy) is 1. The Kier molecular flexibility index (Phi) is 6.32. The molecule has 1 fully saturated rings.